The molecule has 1 fully saturated rings. The third-order valence-electron chi connectivity index (χ3n) is 3.02. The van der Waals surface area contributed by atoms with E-state index in [1.165, 1.54) is 4.31 Å². The Hall–Kier alpha value is -0.140. The van der Waals surface area contributed by atoms with Gasteiger partial charge in [-0.05, 0) is 40.4 Å². The molecule has 0 saturated carbocycles. The van der Waals surface area contributed by atoms with Crippen molar-refractivity contribution in [2.75, 3.05) is 19.7 Å². The molecule has 100 valence electrons. The number of nitrogens with zero attached hydrogens (tertiary/aromatic N) is 1. The minimum Gasteiger partial charge on any atom is -0.396 e. The number of hydrogen-bond acceptors (Lipinski definition) is 3. The Balaban J connectivity index is 2.38. The van der Waals surface area contributed by atoms with Crippen LogP contribution in [0.15, 0.2) is 27.6 Å². The molecule has 0 aromatic heterocycles. The molecule has 1 aromatic rings. The summed E-state index contributed by atoms with van der Waals surface area (Å²) in [6.07, 6.45) is 0.678. The van der Waals surface area contributed by atoms with Crippen molar-refractivity contribution in [3.05, 3.63) is 27.7 Å². The number of hydrogen-bond donors (Lipinski definition) is 1. The summed E-state index contributed by atoms with van der Waals surface area (Å²) in [6.45, 7) is 0.775. The van der Waals surface area contributed by atoms with Crippen molar-refractivity contribution in [3.8, 4) is 0 Å². The molecule has 18 heavy (non-hydrogen) atoms. The molecule has 1 saturated heterocycles. The van der Waals surface area contributed by atoms with Crippen LogP contribution >= 0.6 is 27.5 Å². The van der Waals surface area contributed by atoms with Crippen LogP contribution in [0.4, 0.5) is 0 Å². The number of halogens is 2. The monoisotopic (exact) mass is 353 g/mol. The standard InChI is InChI=1S/C11H13BrClNO3S/c12-9-2-1-3-10(13)11(9)18(16,17)14-5-4-8(6-14)7-15/h1-3,8,15H,4-7H2. The molecule has 2 rings (SSSR count). The van der Waals surface area contributed by atoms with Gasteiger partial charge in [0.15, 0.2) is 0 Å². The van der Waals surface area contributed by atoms with Crippen LogP contribution in [0, 0.1) is 5.92 Å². The summed E-state index contributed by atoms with van der Waals surface area (Å²) in [6, 6.07) is 4.89. The van der Waals surface area contributed by atoms with Crippen molar-refractivity contribution in [2.45, 2.75) is 11.3 Å². The van der Waals surface area contributed by atoms with E-state index in [0.717, 1.165) is 0 Å². The van der Waals surface area contributed by atoms with Crippen LogP contribution in [0.3, 0.4) is 0 Å². The smallest absolute Gasteiger partial charge is 0.245 e. The number of rotatable bonds is 3. The molecule has 4 nitrogen and oxygen atoms in total. The Morgan fingerprint density at radius 1 is 1.50 bits per heavy atom. The average molecular weight is 355 g/mol. The van der Waals surface area contributed by atoms with E-state index in [1.807, 2.05) is 0 Å². The summed E-state index contributed by atoms with van der Waals surface area (Å²) in [5.41, 5.74) is 0. The van der Waals surface area contributed by atoms with Gasteiger partial charge in [0.1, 0.15) is 4.90 Å². The average Bonchev–Trinajstić information content (AvgIpc) is 2.77. The van der Waals surface area contributed by atoms with Gasteiger partial charge in [-0.2, -0.15) is 4.31 Å². The van der Waals surface area contributed by atoms with Gasteiger partial charge in [-0.15, -0.1) is 0 Å². The van der Waals surface area contributed by atoms with E-state index in [2.05, 4.69) is 15.9 Å². The zero-order chi connectivity index (χ0) is 13.3. The molecule has 1 N–H and O–H groups in total. The van der Waals surface area contributed by atoms with Crippen molar-refractivity contribution < 1.29 is 13.5 Å². The minimum atomic E-state index is -3.60. The molecule has 1 unspecified atom stereocenters. The molecule has 1 aromatic carbocycles. The second-order valence-electron chi connectivity index (χ2n) is 4.25. The van der Waals surface area contributed by atoms with Crippen LogP contribution in [-0.4, -0.2) is 37.5 Å². The van der Waals surface area contributed by atoms with Gasteiger partial charge in [0.05, 0.1) is 5.02 Å². The van der Waals surface area contributed by atoms with Crippen molar-refractivity contribution in [3.63, 3.8) is 0 Å². The summed E-state index contributed by atoms with van der Waals surface area (Å²) in [5, 5.41) is 9.28. The number of sulfonamides is 1. The van der Waals surface area contributed by atoms with Crippen LogP contribution in [0.25, 0.3) is 0 Å². The Bertz CT molecular complexity index is 529. The second kappa shape index (κ2) is 5.46. The fraction of sp³-hybridized carbons (Fsp3) is 0.455. The highest BCUT2D eigenvalue weighted by Gasteiger charge is 2.34. The summed E-state index contributed by atoms with van der Waals surface area (Å²) in [4.78, 5) is 0.102. The van der Waals surface area contributed by atoms with E-state index in [4.69, 9.17) is 16.7 Å². The summed E-state index contributed by atoms with van der Waals surface area (Å²) in [7, 11) is -3.60. The maximum absolute atomic E-state index is 12.5. The van der Waals surface area contributed by atoms with Gasteiger partial charge in [-0.25, -0.2) is 8.42 Å². The Morgan fingerprint density at radius 3 is 2.78 bits per heavy atom. The van der Waals surface area contributed by atoms with Crippen LogP contribution in [-0.2, 0) is 10.0 Å². The van der Waals surface area contributed by atoms with E-state index in [0.29, 0.717) is 24.0 Å². The fourth-order valence-corrected chi connectivity index (χ4v) is 5.22. The summed E-state index contributed by atoms with van der Waals surface area (Å²) < 4.78 is 26.8. The molecular weight excluding hydrogens is 342 g/mol. The first kappa shape index (κ1) is 14.3. The first-order valence-electron chi connectivity index (χ1n) is 5.52. The molecule has 1 aliphatic rings. The third-order valence-corrected chi connectivity index (χ3v) is 6.34. The SMILES string of the molecule is O=S(=O)(c1c(Cl)cccc1Br)N1CCC(CO)C1. The summed E-state index contributed by atoms with van der Waals surface area (Å²) >= 11 is 9.20. The topological polar surface area (TPSA) is 57.6 Å². The quantitative estimate of drug-likeness (QED) is 0.904. The molecule has 0 radical (unpaired) electrons. The lowest BCUT2D eigenvalue weighted by Gasteiger charge is -2.18. The van der Waals surface area contributed by atoms with Gasteiger partial charge in [0.25, 0.3) is 0 Å². The highest BCUT2D eigenvalue weighted by molar-refractivity contribution is 9.10. The Kier molecular flexibility index (Phi) is 4.33. The van der Waals surface area contributed by atoms with Gasteiger partial charge in [0, 0.05) is 24.2 Å². The number of aliphatic hydroxyl groups is 1. The van der Waals surface area contributed by atoms with Gasteiger partial charge in [0.2, 0.25) is 10.0 Å². The van der Waals surface area contributed by atoms with E-state index in [-0.39, 0.29) is 22.4 Å². The maximum atomic E-state index is 12.5. The molecule has 0 amide bonds. The third kappa shape index (κ3) is 2.58. The zero-order valence-electron chi connectivity index (χ0n) is 9.51. The maximum Gasteiger partial charge on any atom is 0.245 e. The lowest BCUT2D eigenvalue weighted by atomic mass is 10.1. The second-order valence-corrected chi connectivity index (χ2v) is 7.39. The highest BCUT2D eigenvalue weighted by atomic mass is 79.9. The van der Waals surface area contributed by atoms with Gasteiger partial charge in [-0.1, -0.05) is 17.7 Å². The molecule has 0 bridgehead atoms. The van der Waals surface area contributed by atoms with Crippen molar-refractivity contribution >= 4 is 37.6 Å². The van der Waals surface area contributed by atoms with Gasteiger partial charge < -0.3 is 5.11 Å². The normalized spacial score (nSPS) is 21.4. The van der Waals surface area contributed by atoms with E-state index >= 15 is 0 Å². The van der Waals surface area contributed by atoms with E-state index < -0.39 is 10.0 Å². The number of benzene rings is 1. The first-order valence-corrected chi connectivity index (χ1v) is 8.13. The minimum absolute atomic E-state index is 0.00963. The molecule has 0 spiro atoms. The van der Waals surface area contributed by atoms with Crippen LogP contribution in [0.1, 0.15) is 6.42 Å². The largest absolute Gasteiger partial charge is 0.396 e. The predicted octanol–water partition coefficient (Wildman–Crippen LogP) is 2.11. The molecular formula is C11H13BrClNO3S. The van der Waals surface area contributed by atoms with Crippen molar-refractivity contribution in [1.82, 2.24) is 4.31 Å². The molecule has 1 heterocycles. The molecule has 7 heteroatoms. The van der Waals surface area contributed by atoms with Crippen molar-refractivity contribution in [1.29, 1.82) is 0 Å². The lowest BCUT2D eigenvalue weighted by molar-refractivity contribution is 0.233. The van der Waals surface area contributed by atoms with E-state index in [1.54, 1.807) is 18.2 Å². The van der Waals surface area contributed by atoms with Crippen molar-refractivity contribution in [2.24, 2.45) is 5.92 Å². The lowest BCUT2D eigenvalue weighted by Crippen LogP contribution is -2.29. The Labute approximate surface area is 120 Å². The zero-order valence-corrected chi connectivity index (χ0v) is 12.7. The van der Waals surface area contributed by atoms with Gasteiger partial charge in [-0.3, -0.25) is 0 Å². The molecule has 1 atom stereocenters. The molecule has 0 aliphatic carbocycles. The van der Waals surface area contributed by atoms with Gasteiger partial charge >= 0.3 is 0 Å². The first-order chi connectivity index (χ1) is 8.46. The fourth-order valence-electron chi connectivity index (χ4n) is 2.02. The predicted molar refractivity (Wildman–Crippen MR) is 73.1 cm³/mol. The van der Waals surface area contributed by atoms with Crippen LogP contribution in [0.2, 0.25) is 5.02 Å². The van der Waals surface area contributed by atoms with Crippen LogP contribution < -0.4 is 0 Å². The molecule has 1 aliphatic heterocycles. The van der Waals surface area contributed by atoms with E-state index in [9.17, 15) is 8.42 Å². The summed E-state index contributed by atoms with van der Waals surface area (Å²) in [5.74, 6) is 0.0149. The Morgan fingerprint density at radius 2 is 2.22 bits per heavy atom. The highest BCUT2D eigenvalue weighted by Crippen LogP contribution is 2.33. The van der Waals surface area contributed by atoms with Crippen LogP contribution in [0.5, 0.6) is 0 Å². The number of aliphatic hydroxyl groups excluding tert-OH is 1.